The van der Waals surface area contributed by atoms with Gasteiger partial charge < -0.3 is 12.3 Å². The highest BCUT2D eigenvalue weighted by atomic mass is 28.5. The van der Waals surface area contributed by atoms with Crippen molar-refractivity contribution in [2.75, 3.05) is 0 Å². The minimum Gasteiger partial charge on any atom is -0.416 e. The second-order valence-corrected chi connectivity index (χ2v) is 24.5. The Morgan fingerprint density at radius 2 is 0.625 bits per heavy atom. The first-order valence-electron chi connectivity index (χ1n) is 14.6. The average molecular weight is 793 g/mol. The molecule has 1 heterocycles. The van der Waals surface area contributed by atoms with E-state index in [1.54, 1.807) is 0 Å². The smallest absolute Gasteiger partial charge is 0.416 e. The summed E-state index contributed by atoms with van der Waals surface area (Å²) in [4.78, 5) is 0. The number of hydrogen-bond donors (Lipinski definition) is 0. The van der Waals surface area contributed by atoms with Gasteiger partial charge in [0.1, 0.15) is 0 Å². The van der Waals surface area contributed by atoms with E-state index in [2.05, 4.69) is 0 Å². The first kappa shape index (κ1) is 40.0. The number of hydrogen-bond acceptors (Lipinski definition) is 3. The van der Waals surface area contributed by atoms with Crippen LogP contribution in [0.15, 0.2) is 0 Å². The first-order valence-corrected chi connectivity index (χ1v) is 22.1. The van der Waals surface area contributed by atoms with Gasteiger partial charge in [-0.05, 0) is 57.0 Å². The molecule has 4 rings (SSSR count). The van der Waals surface area contributed by atoms with Crippen LogP contribution in [0.4, 0.5) is 79.0 Å². The lowest BCUT2D eigenvalue weighted by Crippen LogP contribution is -2.71. The Balaban J connectivity index is 1.52. The minimum absolute atomic E-state index is 0.613. The molecule has 282 valence electrons. The van der Waals surface area contributed by atoms with E-state index in [4.69, 9.17) is 12.3 Å². The van der Waals surface area contributed by atoms with Gasteiger partial charge in [0.2, 0.25) is 0 Å². The summed E-state index contributed by atoms with van der Waals surface area (Å²) in [6, 6.07) is -1.84. The van der Waals surface area contributed by atoms with E-state index in [1.807, 2.05) is 0 Å². The van der Waals surface area contributed by atoms with Gasteiger partial charge in [-0.3, -0.25) is 0 Å². The van der Waals surface area contributed by atoms with Crippen LogP contribution in [0.25, 0.3) is 0 Å². The molecule has 0 N–H and O–H groups in total. The van der Waals surface area contributed by atoms with Crippen molar-refractivity contribution in [3.05, 3.63) is 0 Å². The lowest BCUT2D eigenvalue weighted by Gasteiger charge is -2.54. The molecule has 4 aliphatic rings. The van der Waals surface area contributed by atoms with Gasteiger partial charge in [-0.15, -0.1) is 0 Å². The van der Waals surface area contributed by atoms with Crippen molar-refractivity contribution < 1.29 is 91.4 Å². The van der Waals surface area contributed by atoms with Crippen LogP contribution in [0.3, 0.4) is 0 Å². The Morgan fingerprint density at radius 1 is 0.438 bits per heavy atom. The Hall–Kier alpha value is -0.729. The zero-order chi connectivity index (χ0) is 37.2. The average Bonchev–Trinajstić information content (AvgIpc) is 2.87. The Labute approximate surface area is 264 Å². The fourth-order valence-corrected chi connectivity index (χ4v) is 24.9. The van der Waals surface area contributed by atoms with E-state index >= 15 is 0 Å². The summed E-state index contributed by atoms with van der Waals surface area (Å²) in [6.45, 7) is 3.49. The zero-order valence-electron chi connectivity index (χ0n) is 25.1. The van der Waals surface area contributed by atoms with Gasteiger partial charge in [0.15, 0.2) is 0 Å². The predicted molar refractivity (Wildman–Crippen MR) is 135 cm³/mol. The van der Waals surface area contributed by atoms with Crippen LogP contribution in [0.1, 0.15) is 38.5 Å². The maximum Gasteiger partial charge on any atom is 0.428 e. The predicted octanol–water partition coefficient (Wildman–Crippen LogP) is 10.2. The van der Waals surface area contributed by atoms with Crippen molar-refractivity contribution in [2.24, 2.45) is 17.8 Å². The minimum atomic E-state index is -5.92. The second-order valence-electron chi connectivity index (χ2n) is 13.8. The van der Waals surface area contributed by atoms with Crippen molar-refractivity contribution in [2.45, 2.75) is 130 Å². The van der Waals surface area contributed by atoms with E-state index in [0.717, 1.165) is 19.6 Å². The van der Waals surface area contributed by atoms with Gasteiger partial charge in [-0.25, -0.2) is 39.5 Å². The van der Waals surface area contributed by atoms with Gasteiger partial charge in [-0.1, -0.05) is 0 Å². The molecule has 3 aliphatic carbocycles. The maximum atomic E-state index is 14.3. The topological polar surface area (TPSA) is 27.7 Å². The van der Waals surface area contributed by atoms with Crippen LogP contribution >= 0.6 is 0 Å². The molecule has 0 aromatic rings. The molecule has 3 nitrogen and oxygen atoms in total. The number of alkyl halides is 18. The second kappa shape index (κ2) is 11.1. The molecule has 0 radical (unpaired) electrons. The highest BCUT2D eigenvalue weighted by Crippen LogP contribution is 2.65. The summed E-state index contributed by atoms with van der Waals surface area (Å²) in [5, 5.41) is 0. The summed E-state index contributed by atoms with van der Waals surface area (Å²) in [5.74, 6) is -21.2. The lowest BCUT2D eigenvalue weighted by atomic mass is 9.66. The monoisotopic (exact) mass is 792 g/mol. The fraction of sp³-hybridized carbons (Fsp3) is 1.00. The highest BCUT2D eigenvalue weighted by molar-refractivity contribution is 6.93. The third-order valence-corrected chi connectivity index (χ3v) is 24.1. The van der Waals surface area contributed by atoms with Gasteiger partial charge >= 0.3 is 44.2 Å². The molecular weight excluding hydrogens is 762 g/mol. The molecule has 0 aromatic heterocycles. The lowest BCUT2D eigenvalue weighted by molar-refractivity contribution is -0.368. The largest absolute Gasteiger partial charge is 0.428 e. The molecule has 6 atom stereocenters. The number of rotatable bonds is 9. The molecule has 4 fully saturated rings. The molecule has 6 unspecified atom stereocenters. The molecule has 1 saturated heterocycles. The van der Waals surface area contributed by atoms with E-state index in [-0.39, 0.29) is 0 Å². The standard InChI is InChI=1S/C24H30F18O3Si3/c1-46(7-4-13-10-16(25,19(13,28)29)22(34,35)36)43-47(2,8-5-14-11-17(26,20(14,30)31)23(37,38)39)45-48(3,44-46)9-6-15-12-18(27,21(15,32)33)24(40,41)42/h13-15H,4-12H2,1-3H3. The highest BCUT2D eigenvalue weighted by Gasteiger charge is 2.83. The summed E-state index contributed by atoms with van der Waals surface area (Å²) >= 11 is 0. The van der Waals surface area contributed by atoms with Crippen molar-refractivity contribution in [1.82, 2.24) is 0 Å². The summed E-state index contributed by atoms with van der Waals surface area (Å²) in [6.07, 6.45) is -25.2. The molecule has 3 saturated carbocycles. The van der Waals surface area contributed by atoms with Crippen molar-refractivity contribution in [3.8, 4) is 0 Å². The van der Waals surface area contributed by atoms with Crippen molar-refractivity contribution in [3.63, 3.8) is 0 Å². The molecule has 0 spiro atoms. The van der Waals surface area contributed by atoms with Crippen LogP contribution in [0.5, 0.6) is 0 Å². The van der Waals surface area contributed by atoms with Crippen LogP contribution in [-0.4, -0.2) is 79.0 Å². The maximum absolute atomic E-state index is 14.3. The van der Waals surface area contributed by atoms with Gasteiger partial charge in [-0.2, -0.15) is 39.5 Å². The van der Waals surface area contributed by atoms with Gasteiger partial charge in [0, 0.05) is 37.0 Å². The Morgan fingerprint density at radius 3 is 0.771 bits per heavy atom. The Bertz CT molecular complexity index is 1090. The molecule has 48 heavy (non-hydrogen) atoms. The van der Waals surface area contributed by atoms with Crippen LogP contribution in [0, 0.1) is 17.8 Å². The van der Waals surface area contributed by atoms with Crippen LogP contribution in [0.2, 0.25) is 37.8 Å². The fourth-order valence-electron chi connectivity index (χ4n) is 7.20. The SMILES string of the molecule is C[Si]1(CCC2CC(F)(C(F)(F)F)C2(F)F)O[Si](C)(CCC2CC(F)(C(F)(F)F)C2(F)F)O[Si](C)(CCC2CC(F)(C(F)(F)F)C2(F)F)O1. The molecular formula is C24H30F18O3Si3. The van der Waals surface area contributed by atoms with Crippen LogP contribution in [-0.2, 0) is 12.3 Å². The Kier molecular flexibility index (Phi) is 9.29. The molecule has 1 aliphatic heterocycles. The first-order chi connectivity index (χ1) is 21.1. The van der Waals surface area contributed by atoms with E-state index in [9.17, 15) is 79.0 Å². The van der Waals surface area contributed by atoms with Crippen LogP contribution < -0.4 is 0 Å². The van der Waals surface area contributed by atoms with E-state index in [0.29, 0.717) is 0 Å². The normalized spacial score (nSPS) is 45.6. The van der Waals surface area contributed by atoms with Crippen molar-refractivity contribution in [1.29, 1.82) is 0 Å². The van der Waals surface area contributed by atoms with Crippen molar-refractivity contribution >= 4 is 25.7 Å². The van der Waals surface area contributed by atoms with E-state index < -0.39 is 153 Å². The summed E-state index contributed by atoms with van der Waals surface area (Å²) in [5.41, 5.74) is -14.5. The summed E-state index contributed by atoms with van der Waals surface area (Å²) in [7, 11) is -12.1. The molecule has 0 amide bonds. The number of halogens is 18. The third kappa shape index (κ3) is 5.93. The molecule has 0 aromatic carbocycles. The van der Waals surface area contributed by atoms with Gasteiger partial charge in [0.05, 0.1) is 0 Å². The van der Waals surface area contributed by atoms with Gasteiger partial charge in [0.25, 0.3) is 34.8 Å². The summed E-state index contributed by atoms with van der Waals surface area (Å²) < 4.78 is 263. The van der Waals surface area contributed by atoms with E-state index in [1.165, 1.54) is 0 Å². The zero-order valence-corrected chi connectivity index (χ0v) is 28.1. The molecule has 0 bridgehead atoms. The third-order valence-electron chi connectivity index (χ3n) is 10.2. The molecule has 24 heteroatoms. The quantitative estimate of drug-likeness (QED) is 0.172.